The molecule has 4 N–H and O–H groups in total. The second-order valence-electron chi connectivity index (χ2n) is 6.26. The monoisotopic (exact) mass is 408 g/mol. The van der Waals surface area contributed by atoms with Crippen LogP contribution in [0.25, 0.3) is 0 Å². The van der Waals surface area contributed by atoms with E-state index in [0.717, 1.165) is 22.3 Å². The van der Waals surface area contributed by atoms with Crippen molar-refractivity contribution in [2.45, 2.75) is 53.2 Å². The van der Waals surface area contributed by atoms with E-state index in [4.69, 9.17) is 20.3 Å². The Kier molecular flexibility index (Phi) is 8.98. The first-order valence-corrected chi connectivity index (χ1v) is 10.9. The predicted octanol–water partition coefficient (Wildman–Crippen LogP) is 5.09. The second kappa shape index (κ2) is 10.5. The van der Waals surface area contributed by atoms with Crippen LogP contribution >= 0.6 is 7.60 Å². The minimum atomic E-state index is -4.32. The van der Waals surface area contributed by atoms with E-state index in [-0.39, 0.29) is 6.42 Å². The number of hydrogen-bond donors (Lipinski definition) is 3. The molecule has 1 atom stereocenters. The molecule has 0 aliphatic rings. The van der Waals surface area contributed by atoms with Crippen molar-refractivity contribution in [3.63, 3.8) is 0 Å². The number of hydrogen-bond acceptors (Lipinski definition) is 5. The maximum absolute atomic E-state index is 11.2. The molecule has 7 nitrogen and oxygen atoms in total. The summed E-state index contributed by atoms with van der Waals surface area (Å²) in [6.45, 7) is 9.65. The molecule has 0 heterocycles. The van der Waals surface area contributed by atoms with Crippen LogP contribution in [0.15, 0.2) is 35.5 Å². The van der Waals surface area contributed by atoms with Crippen LogP contribution in [0.3, 0.4) is 0 Å². The molecule has 0 radical (unpaired) electrons. The fourth-order valence-electron chi connectivity index (χ4n) is 2.79. The van der Waals surface area contributed by atoms with Gasteiger partial charge >= 0.3 is 7.60 Å². The molecule has 0 aromatic heterocycles. The Bertz CT molecular complexity index is 841. The molecule has 8 heteroatoms. The van der Waals surface area contributed by atoms with Gasteiger partial charge in [0, 0.05) is 0 Å². The van der Waals surface area contributed by atoms with Crippen molar-refractivity contribution in [1.29, 1.82) is 0 Å². The standard InChI is InChI=1S/C18H23N2O5P.C2H6/c1-4-14-10-15(5-6-16(14)20-21)25-18-11(2)7-13(8-12(18)3)9-17(19)26(22,23)24;1-2/h5-8,10,17H,4,9,19H2,1-3H3,(H2,22,23,24);1-2H3. The van der Waals surface area contributed by atoms with Crippen LogP contribution < -0.4 is 10.5 Å². The van der Waals surface area contributed by atoms with Crippen LogP contribution in [0, 0.1) is 18.8 Å². The van der Waals surface area contributed by atoms with Crippen molar-refractivity contribution < 1.29 is 19.1 Å². The van der Waals surface area contributed by atoms with Crippen LogP contribution in [0.5, 0.6) is 11.5 Å². The first-order chi connectivity index (χ1) is 13.2. The molecular weight excluding hydrogens is 379 g/mol. The van der Waals surface area contributed by atoms with E-state index in [0.29, 0.717) is 23.6 Å². The Hall–Kier alpha value is -2.05. The molecule has 28 heavy (non-hydrogen) atoms. The first kappa shape index (κ1) is 24.0. The fraction of sp³-hybridized carbons (Fsp3) is 0.400. The van der Waals surface area contributed by atoms with Gasteiger partial charge in [-0.1, -0.05) is 32.9 Å². The molecular formula is C20H29N2O5P. The van der Waals surface area contributed by atoms with Crippen LogP contribution in [0.4, 0.5) is 5.69 Å². The van der Waals surface area contributed by atoms with Crippen molar-refractivity contribution in [2.75, 3.05) is 0 Å². The van der Waals surface area contributed by atoms with Gasteiger partial charge in [0.1, 0.15) is 23.0 Å². The summed E-state index contributed by atoms with van der Waals surface area (Å²) in [4.78, 5) is 29.1. The minimum absolute atomic E-state index is 0.0753. The number of nitroso groups, excluding NO2 is 1. The lowest BCUT2D eigenvalue weighted by Gasteiger charge is -2.17. The van der Waals surface area contributed by atoms with E-state index in [2.05, 4.69) is 5.18 Å². The smallest absolute Gasteiger partial charge is 0.342 e. The topological polar surface area (TPSA) is 122 Å². The number of rotatable bonds is 7. The van der Waals surface area contributed by atoms with Crippen LogP contribution in [-0.4, -0.2) is 15.6 Å². The normalized spacial score (nSPS) is 12.0. The highest BCUT2D eigenvalue weighted by molar-refractivity contribution is 7.52. The summed E-state index contributed by atoms with van der Waals surface area (Å²) in [5, 5.41) is 3.00. The van der Waals surface area contributed by atoms with Gasteiger partial charge in [-0.05, 0) is 72.3 Å². The molecule has 1 unspecified atom stereocenters. The molecule has 2 aromatic rings. The average Bonchev–Trinajstić information content (AvgIpc) is 2.65. The number of benzene rings is 2. The Balaban J connectivity index is 0.00000190. The highest BCUT2D eigenvalue weighted by Crippen LogP contribution is 2.40. The van der Waals surface area contributed by atoms with E-state index < -0.39 is 13.4 Å². The van der Waals surface area contributed by atoms with Gasteiger partial charge in [-0.15, -0.1) is 4.91 Å². The maximum atomic E-state index is 11.2. The number of aryl methyl sites for hydroxylation is 3. The number of nitrogens with two attached hydrogens (primary N) is 1. The van der Waals surface area contributed by atoms with Crippen molar-refractivity contribution >= 4 is 13.3 Å². The fourth-order valence-corrected chi connectivity index (χ4v) is 3.24. The largest absolute Gasteiger partial charge is 0.457 e. The summed E-state index contributed by atoms with van der Waals surface area (Å²) in [5.41, 5.74) is 9.16. The molecule has 0 bridgehead atoms. The quantitative estimate of drug-likeness (QED) is 0.433. The van der Waals surface area contributed by atoms with Crippen molar-refractivity contribution in [3.8, 4) is 11.5 Å². The van der Waals surface area contributed by atoms with E-state index in [9.17, 15) is 9.47 Å². The van der Waals surface area contributed by atoms with Gasteiger partial charge in [0.15, 0.2) is 0 Å². The van der Waals surface area contributed by atoms with Crippen molar-refractivity contribution in [2.24, 2.45) is 10.9 Å². The Labute approximate surface area is 166 Å². The zero-order valence-corrected chi connectivity index (χ0v) is 17.9. The summed E-state index contributed by atoms with van der Waals surface area (Å²) in [5.74, 6) is 0.0241. The molecule has 0 saturated heterocycles. The molecule has 0 saturated carbocycles. The first-order valence-electron chi connectivity index (χ1n) is 9.20. The number of nitrogens with zero attached hydrogens (tertiary/aromatic N) is 1. The molecule has 0 aliphatic heterocycles. The minimum Gasteiger partial charge on any atom is -0.457 e. The Morgan fingerprint density at radius 3 is 2.18 bits per heavy atom. The predicted molar refractivity (Wildman–Crippen MR) is 112 cm³/mol. The van der Waals surface area contributed by atoms with E-state index in [1.165, 1.54) is 0 Å². The summed E-state index contributed by atoms with van der Waals surface area (Å²) in [6.07, 6.45) is 0.737. The van der Waals surface area contributed by atoms with Gasteiger partial charge in [-0.2, -0.15) is 0 Å². The molecule has 154 valence electrons. The lowest BCUT2D eigenvalue weighted by Crippen LogP contribution is -2.22. The van der Waals surface area contributed by atoms with E-state index in [1.807, 2.05) is 34.6 Å². The van der Waals surface area contributed by atoms with Crippen molar-refractivity contribution in [3.05, 3.63) is 57.5 Å². The van der Waals surface area contributed by atoms with Gasteiger partial charge < -0.3 is 20.3 Å². The second-order valence-corrected chi connectivity index (χ2v) is 8.10. The summed E-state index contributed by atoms with van der Waals surface area (Å²) >= 11 is 0. The van der Waals surface area contributed by atoms with Crippen molar-refractivity contribution in [1.82, 2.24) is 0 Å². The highest BCUT2D eigenvalue weighted by Gasteiger charge is 2.25. The highest BCUT2D eigenvalue weighted by atomic mass is 31.2. The third-order valence-electron chi connectivity index (χ3n) is 4.15. The SMILES string of the molecule is CC.CCc1cc(Oc2c(C)cc(CC(N)P(=O)(O)O)cc2C)ccc1N=O. The Morgan fingerprint density at radius 2 is 1.71 bits per heavy atom. The molecule has 2 rings (SSSR count). The summed E-state index contributed by atoms with van der Waals surface area (Å²) in [6, 6.07) is 8.71. The van der Waals surface area contributed by atoms with Crippen LogP contribution in [0.2, 0.25) is 0 Å². The third kappa shape index (κ3) is 6.24. The van der Waals surface area contributed by atoms with Gasteiger partial charge in [0.25, 0.3) is 0 Å². The Morgan fingerprint density at radius 1 is 1.14 bits per heavy atom. The lowest BCUT2D eigenvalue weighted by molar-refractivity contribution is 0.358. The maximum Gasteiger partial charge on any atom is 0.342 e. The molecule has 0 fully saturated rings. The third-order valence-corrected chi connectivity index (χ3v) is 5.19. The zero-order valence-electron chi connectivity index (χ0n) is 17.0. The van der Waals surface area contributed by atoms with Gasteiger partial charge in [0.05, 0.1) is 0 Å². The summed E-state index contributed by atoms with van der Waals surface area (Å²) in [7, 11) is -4.32. The molecule has 2 aromatic carbocycles. The summed E-state index contributed by atoms with van der Waals surface area (Å²) < 4.78 is 17.2. The average molecular weight is 408 g/mol. The van der Waals surface area contributed by atoms with Crippen LogP contribution in [-0.2, 0) is 17.4 Å². The zero-order chi connectivity index (χ0) is 21.5. The van der Waals surface area contributed by atoms with Gasteiger partial charge in [-0.3, -0.25) is 4.57 Å². The molecule has 0 amide bonds. The molecule has 0 aliphatic carbocycles. The van der Waals surface area contributed by atoms with Gasteiger partial charge in [0.2, 0.25) is 0 Å². The lowest BCUT2D eigenvalue weighted by atomic mass is 10.0. The molecule has 0 spiro atoms. The van der Waals surface area contributed by atoms with Gasteiger partial charge in [-0.25, -0.2) is 0 Å². The van der Waals surface area contributed by atoms with E-state index >= 15 is 0 Å². The van der Waals surface area contributed by atoms with Crippen LogP contribution in [0.1, 0.15) is 43.0 Å². The van der Waals surface area contributed by atoms with E-state index in [1.54, 1.807) is 30.3 Å². The number of ether oxygens (including phenoxy) is 1.